The van der Waals surface area contributed by atoms with Crippen LogP contribution in [0.1, 0.15) is 20.3 Å². The Bertz CT molecular complexity index is 251. The van der Waals surface area contributed by atoms with Gasteiger partial charge in [-0.1, -0.05) is 13.8 Å². The van der Waals surface area contributed by atoms with Crippen LogP contribution in [-0.4, -0.2) is 35.1 Å². The molecular formula is C10H16FNO2. The lowest BCUT2D eigenvalue weighted by molar-refractivity contribution is -0.142. The minimum absolute atomic E-state index is 0.00259. The van der Waals surface area contributed by atoms with Crippen molar-refractivity contribution in [2.24, 2.45) is 5.92 Å². The van der Waals surface area contributed by atoms with Gasteiger partial charge < -0.3 is 10.0 Å². The van der Waals surface area contributed by atoms with E-state index in [2.05, 4.69) is 0 Å². The largest absolute Gasteiger partial charge is 0.383 e. The molecule has 1 rings (SSSR count). The zero-order valence-corrected chi connectivity index (χ0v) is 8.53. The molecule has 0 spiro atoms. The molecule has 0 saturated heterocycles. The number of rotatable bonds is 2. The lowest BCUT2D eigenvalue weighted by Crippen LogP contribution is -2.43. The Labute approximate surface area is 83.2 Å². The zero-order chi connectivity index (χ0) is 10.7. The molecule has 0 aromatic rings. The maximum absolute atomic E-state index is 12.8. The van der Waals surface area contributed by atoms with Gasteiger partial charge in [0.2, 0.25) is 0 Å². The Morgan fingerprint density at radius 1 is 1.64 bits per heavy atom. The maximum Gasteiger partial charge on any atom is 0.252 e. The van der Waals surface area contributed by atoms with Gasteiger partial charge in [-0.2, -0.15) is 0 Å². The van der Waals surface area contributed by atoms with E-state index < -0.39 is 6.10 Å². The lowest BCUT2D eigenvalue weighted by atomic mass is 10.1. The molecule has 3 nitrogen and oxygen atoms in total. The van der Waals surface area contributed by atoms with Gasteiger partial charge in [-0.3, -0.25) is 4.79 Å². The monoisotopic (exact) mass is 201 g/mol. The van der Waals surface area contributed by atoms with E-state index in [1.807, 2.05) is 0 Å². The van der Waals surface area contributed by atoms with E-state index in [9.17, 15) is 14.3 Å². The standard InChI is InChI=1S/C10H16FNO2/c1-7(2)9(13)10(14)12-5-3-4-8(11)6-12/h4,7,9,13H,3,5-6H2,1-2H3/t9-/m0/s1. The van der Waals surface area contributed by atoms with E-state index in [4.69, 9.17) is 0 Å². The summed E-state index contributed by atoms with van der Waals surface area (Å²) in [6.45, 7) is 4.02. The van der Waals surface area contributed by atoms with Gasteiger partial charge >= 0.3 is 0 Å². The number of carbonyl (C=O) groups is 1. The second kappa shape index (κ2) is 4.55. The second-order valence-electron chi connectivity index (χ2n) is 3.89. The van der Waals surface area contributed by atoms with Crippen molar-refractivity contribution in [3.8, 4) is 0 Å². The Kier molecular flexibility index (Phi) is 3.63. The average molecular weight is 201 g/mol. The van der Waals surface area contributed by atoms with Gasteiger partial charge in [0.1, 0.15) is 11.9 Å². The van der Waals surface area contributed by atoms with Crippen LogP contribution in [0.4, 0.5) is 4.39 Å². The van der Waals surface area contributed by atoms with Gasteiger partial charge in [0, 0.05) is 6.54 Å². The number of aliphatic hydroxyl groups excluding tert-OH is 1. The van der Waals surface area contributed by atoms with Crippen LogP contribution in [0, 0.1) is 5.92 Å². The predicted octanol–water partition coefficient (Wildman–Crippen LogP) is 1.09. The van der Waals surface area contributed by atoms with Crippen LogP contribution in [-0.2, 0) is 4.79 Å². The third-order valence-corrected chi connectivity index (χ3v) is 2.30. The molecule has 0 radical (unpaired) electrons. The van der Waals surface area contributed by atoms with E-state index in [0.29, 0.717) is 13.0 Å². The van der Waals surface area contributed by atoms with Crippen LogP contribution in [0.3, 0.4) is 0 Å². The number of nitrogens with zero attached hydrogens (tertiary/aromatic N) is 1. The molecule has 0 aromatic heterocycles. The van der Waals surface area contributed by atoms with Crippen molar-refractivity contribution in [2.45, 2.75) is 26.4 Å². The van der Waals surface area contributed by atoms with Crippen LogP contribution < -0.4 is 0 Å². The first-order chi connectivity index (χ1) is 6.52. The van der Waals surface area contributed by atoms with Gasteiger partial charge in [0.25, 0.3) is 5.91 Å². The number of carbonyl (C=O) groups excluding carboxylic acids is 1. The van der Waals surface area contributed by atoms with Gasteiger partial charge in [0.05, 0.1) is 6.54 Å². The smallest absolute Gasteiger partial charge is 0.252 e. The molecule has 0 aliphatic carbocycles. The molecular weight excluding hydrogens is 185 g/mol. The minimum Gasteiger partial charge on any atom is -0.383 e. The highest BCUT2D eigenvalue weighted by atomic mass is 19.1. The number of amides is 1. The van der Waals surface area contributed by atoms with Crippen LogP contribution in [0.25, 0.3) is 0 Å². The van der Waals surface area contributed by atoms with E-state index in [-0.39, 0.29) is 24.2 Å². The Hall–Kier alpha value is -0.900. The maximum atomic E-state index is 12.8. The first-order valence-corrected chi connectivity index (χ1v) is 4.83. The predicted molar refractivity (Wildman–Crippen MR) is 51.2 cm³/mol. The van der Waals surface area contributed by atoms with Crippen molar-refractivity contribution >= 4 is 5.91 Å². The third-order valence-electron chi connectivity index (χ3n) is 2.30. The molecule has 0 fully saturated rings. The fourth-order valence-corrected chi connectivity index (χ4v) is 1.36. The van der Waals surface area contributed by atoms with Crippen molar-refractivity contribution in [3.05, 3.63) is 11.9 Å². The highest BCUT2D eigenvalue weighted by molar-refractivity contribution is 5.81. The Morgan fingerprint density at radius 3 is 2.79 bits per heavy atom. The van der Waals surface area contributed by atoms with Crippen molar-refractivity contribution in [1.82, 2.24) is 4.90 Å². The van der Waals surface area contributed by atoms with Gasteiger partial charge in [-0.25, -0.2) is 4.39 Å². The summed E-state index contributed by atoms with van der Waals surface area (Å²) >= 11 is 0. The molecule has 1 atom stereocenters. The quantitative estimate of drug-likeness (QED) is 0.726. The van der Waals surface area contributed by atoms with Crippen LogP contribution in [0.15, 0.2) is 11.9 Å². The molecule has 0 aromatic carbocycles. The number of halogens is 1. The van der Waals surface area contributed by atoms with Crippen molar-refractivity contribution in [2.75, 3.05) is 13.1 Å². The molecule has 1 aliphatic rings. The van der Waals surface area contributed by atoms with Crippen LogP contribution >= 0.6 is 0 Å². The lowest BCUT2D eigenvalue weighted by Gasteiger charge is -2.27. The minimum atomic E-state index is -1.01. The summed E-state index contributed by atoms with van der Waals surface area (Å²) in [7, 11) is 0. The fraction of sp³-hybridized carbons (Fsp3) is 0.700. The van der Waals surface area contributed by atoms with E-state index in [1.165, 1.54) is 11.0 Å². The van der Waals surface area contributed by atoms with E-state index in [0.717, 1.165) is 0 Å². The molecule has 4 heteroatoms. The summed E-state index contributed by atoms with van der Waals surface area (Å²) in [5, 5.41) is 9.50. The van der Waals surface area contributed by atoms with E-state index >= 15 is 0 Å². The number of hydrogen-bond donors (Lipinski definition) is 1. The molecule has 0 bridgehead atoms. The SMILES string of the molecule is CC(C)[C@H](O)C(=O)N1CCC=C(F)C1. The summed E-state index contributed by atoms with van der Waals surface area (Å²) in [4.78, 5) is 12.9. The third kappa shape index (κ3) is 2.54. The normalized spacial score (nSPS) is 19.5. The summed E-state index contributed by atoms with van der Waals surface area (Å²) < 4.78 is 12.8. The van der Waals surface area contributed by atoms with Gasteiger partial charge in [0.15, 0.2) is 0 Å². The molecule has 1 aliphatic heterocycles. The molecule has 0 unspecified atom stereocenters. The van der Waals surface area contributed by atoms with Crippen molar-refractivity contribution in [3.63, 3.8) is 0 Å². The number of aliphatic hydroxyl groups is 1. The molecule has 1 N–H and O–H groups in total. The van der Waals surface area contributed by atoms with Gasteiger partial charge in [-0.05, 0) is 18.4 Å². The van der Waals surface area contributed by atoms with E-state index in [1.54, 1.807) is 13.8 Å². The second-order valence-corrected chi connectivity index (χ2v) is 3.89. The highest BCUT2D eigenvalue weighted by Gasteiger charge is 2.26. The summed E-state index contributed by atoms with van der Waals surface area (Å²) in [6, 6.07) is 0. The first kappa shape index (κ1) is 11.2. The molecule has 1 heterocycles. The Balaban J connectivity index is 2.57. The summed E-state index contributed by atoms with van der Waals surface area (Å²) in [6.07, 6.45) is 0.995. The van der Waals surface area contributed by atoms with Crippen LogP contribution in [0.5, 0.6) is 0 Å². The Morgan fingerprint density at radius 2 is 2.29 bits per heavy atom. The zero-order valence-electron chi connectivity index (χ0n) is 8.53. The molecule has 0 saturated carbocycles. The summed E-state index contributed by atoms with van der Waals surface area (Å²) in [5.74, 6) is -0.791. The number of hydrogen-bond acceptors (Lipinski definition) is 2. The highest BCUT2D eigenvalue weighted by Crippen LogP contribution is 2.13. The topological polar surface area (TPSA) is 40.5 Å². The van der Waals surface area contributed by atoms with Crippen molar-refractivity contribution < 1.29 is 14.3 Å². The first-order valence-electron chi connectivity index (χ1n) is 4.83. The van der Waals surface area contributed by atoms with Gasteiger partial charge in [-0.15, -0.1) is 0 Å². The molecule has 80 valence electrons. The molecule has 14 heavy (non-hydrogen) atoms. The average Bonchev–Trinajstić information content (AvgIpc) is 2.15. The fourth-order valence-electron chi connectivity index (χ4n) is 1.36. The van der Waals surface area contributed by atoms with Crippen molar-refractivity contribution in [1.29, 1.82) is 0 Å². The summed E-state index contributed by atoms with van der Waals surface area (Å²) in [5.41, 5.74) is 0. The molecule has 1 amide bonds. The van der Waals surface area contributed by atoms with Crippen LogP contribution in [0.2, 0.25) is 0 Å².